The summed E-state index contributed by atoms with van der Waals surface area (Å²) >= 11 is 0. The molecule has 6 nitrogen and oxygen atoms in total. The first-order chi connectivity index (χ1) is 9.20. The average molecular weight is 306 g/mol. The highest BCUT2D eigenvalue weighted by molar-refractivity contribution is 7.91. The lowest BCUT2D eigenvalue weighted by Gasteiger charge is -2.26. The molecule has 118 valence electrons. The molecule has 0 amide bonds. The molecule has 2 unspecified atom stereocenters. The topological polar surface area (TPSA) is 86.7 Å². The Morgan fingerprint density at radius 3 is 2.55 bits per heavy atom. The van der Waals surface area contributed by atoms with Gasteiger partial charge in [-0.05, 0) is 53.2 Å². The molecule has 0 radical (unpaired) electrons. The molecule has 1 saturated heterocycles. The van der Waals surface area contributed by atoms with Gasteiger partial charge in [0.2, 0.25) is 0 Å². The summed E-state index contributed by atoms with van der Waals surface area (Å²) in [6, 6.07) is 0.121. The van der Waals surface area contributed by atoms with Crippen molar-refractivity contribution in [2.75, 3.05) is 32.1 Å². The molecule has 0 aromatic rings. The normalized spacial score (nSPS) is 24.7. The number of hydrogen-bond acceptors (Lipinski definition) is 5. The van der Waals surface area contributed by atoms with Crippen LogP contribution < -0.4 is 5.32 Å². The average Bonchev–Trinajstić information content (AvgIpc) is 2.74. The number of nitrogens with one attached hydrogen (secondary N) is 1. The molecular weight excluding hydrogens is 280 g/mol. The van der Waals surface area contributed by atoms with Crippen molar-refractivity contribution < 1.29 is 18.3 Å². The van der Waals surface area contributed by atoms with Crippen molar-refractivity contribution in [3.05, 3.63) is 0 Å². The predicted molar refractivity (Wildman–Crippen MR) is 78.6 cm³/mol. The number of aliphatic carboxylic acids is 1. The Hall–Kier alpha value is -0.660. The van der Waals surface area contributed by atoms with Gasteiger partial charge in [-0.2, -0.15) is 0 Å². The standard InChI is InChI=1S/C13H26N2O4S/c1-13(14-2,12(16)17)7-4-5-8-15(3)11-6-9-20(18,19)10-11/h11,14H,4-10H2,1-3H3,(H,16,17). The van der Waals surface area contributed by atoms with Crippen LogP contribution >= 0.6 is 0 Å². The quantitative estimate of drug-likeness (QED) is 0.629. The summed E-state index contributed by atoms with van der Waals surface area (Å²) < 4.78 is 22.8. The Morgan fingerprint density at radius 1 is 1.45 bits per heavy atom. The zero-order chi connectivity index (χ0) is 15.4. The third kappa shape index (κ3) is 4.71. The summed E-state index contributed by atoms with van der Waals surface area (Å²) in [6.45, 7) is 2.49. The van der Waals surface area contributed by atoms with Crippen LogP contribution in [0.25, 0.3) is 0 Å². The van der Waals surface area contributed by atoms with Crippen LogP contribution in [-0.4, -0.2) is 68.1 Å². The molecule has 2 atom stereocenters. The molecule has 1 aliphatic heterocycles. The molecule has 7 heteroatoms. The Bertz CT molecular complexity index is 438. The molecule has 0 aliphatic carbocycles. The van der Waals surface area contributed by atoms with E-state index in [4.69, 9.17) is 5.11 Å². The smallest absolute Gasteiger partial charge is 0.323 e. The second-order valence-corrected chi connectivity index (χ2v) is 8.11. The van der Waals surface area contributed by atoms with Gasteiger partial charge < -0.3 is 15.3 Å². The van der Waals surface area contributed by atoms with Crippen molar-refractivity contribution in [1.82, 2.24) is 10.2 Å². The number of likely N-dealkylation sites (N-methyl/N-ethyl adjacent to an activating group) is 1. The Morgan fingerprint density at radius 2 is 2.10 bits per heavy atom. The molecule has 1 rings (SSSR count). The van der Waals surface area contributed by atoms with E-state index in [0.29, 0.717) is 18.6 Å². The summed E-state index contributed by atoms with van der Waals surface area (Å²) in [4.78, 5) is 13.2. The number of hydrogen-bond donors (Lipinski definition) is 2. The number of carboxylic acid groups (broad SMARTS) is 1. The monoisotopic (exact) mass is 306 g/mol. The first kappa shape index (κ1) is 17.4. The third-order valence-corrected chi connectivity index (χ3v) is 6.04. The van der Waals surface area contributed by atoms with Gasteiger partial charge in [0.15, 0.2) is 9.84 Å². The van der Waals surface area contributed by atoms with E-state index in [2.05, 4.69) is 10.2 Å². The van der Waals surface area contributed by atoms with Gasteiger partial charge in [0.1, 0.15) is 5.54 Å². The van der Waals surface area contributed by atoms with Crippen molar-refractivity contribution in [2.24, 2.45) is 0 Å². The fraction of sp³-hybridized carbons (Fsp3) is 0.923. The van der Waals surface area contributed by atoms with Gasteiger partial charge in [-0.25, -0.2) is 8.42 Å². The van der Waals surface area contributed by atoms with Crippen LogP contribution in [0, 0.1) is 0 Å². The lowest BCUT2D eigenvalue weighted by molar-refractivity contribution is -0.144. The summed E-state index contributed by atoms with van der Waals surface area (Å²) in [7, 11) is 0.762. The van der Waals surface area contributed by atoms with E-state index in [-0.39, 0.29) is 11.8 Å². The van der Waals surface area contributed by atoms with Gasteiger partial charge in [-0.1, -0.05) is 0 Å². The molecule has 1 fully saturated rings. The molecular formula is C13H26N2O4S. The predicted octanol–water partition coefficient (Wildman–Crippen LogP) is 0.338. The SMILES string of the molecule is CNC(C)(CCCCN(C)C1CCS(=O)(=O)C1)C(=O)O. The molecule has 0 aromatic carbocycles. The molecule has 1 heterocycles. The zero-order valence-corrected chi connectivity index (χ0v) is 13.4. The summed E-state index contributed by atoms with van der Waals surface area (Å²) in [6.07, 6.45) is 2.95. The maximum atomic E-state index is 11.4. The number of unbranched alkanes of at least 4 members (excludes halogenated alkanes) is 1. The maximum absolute atomic E-state index is 11.4. The summed E-state index contributed by atoms with van der Waals surface area (Å²) in [5, 5.41) is 12.0. The van der Waals surface area contributed by atoms with Gasteiger partial charge in [0, 0.05) is 6.04 Å². The highest BCUT2D eigenvalue weighted by atomic mass is 32.2. The minimum Gasteiger partial charge on any atom is -0.480 e. The highest BCUT2D eigenvalue weighted by Gasteiger charge is 2.31. The maximum Gasteiger partial charge on any atom is 0.323 e. The molecule has 0 aromatic heterocycles. The minimum absolute atomic E-state index is 0.121. The molecule has 2 N–H and O–H groups in total. The van der Waals surface area contributed by atoms with Crippen molar-refractivity contribution >= 4 is 15.8 Å². The van der Waals surface area contributed by atoms with Crippen molar-refractivity contribution in [3.63, 3.8) is 0 Å². The molecule has 0 spiro atoms. The largest absolute Gasteiger partial charge is 0.480 e. The van der Waals surface area contributed by atoms with Gasteiger partial charge >= 0.3 is 5.97 Å². The van der Waals surface area contributed by atoms with Crippen LogP contribution in [-0.2, 0) is 14.6 Å². The fourth-order valence-corrected chi connectivity index (χ4v) is 4.29. The minimum atomic E-state index is -2.84. The van der Waals surface area contributed by atoms with E-state index in [1.54, 1.807) is 14.0 Å². The lowest BCUT2D eigenvalue weighted by atomic mass is 9.95. The second kappa shape index (κ2) is 6.87. The van der Waals surface area contributed by atoms with E-state index in [9.17, 15) is 13.2 Å². The van der Waals surface area contributed by atoms with Crippen LogP contribution in [0.5, 0.6) is 0 Å². The molecule has 0 saturated carbocycles. The number of carboxylic acids is 1. The number of sulfone groups is 1. The van der Waals surface area contributed by atoms with E-state index in [1.807, 2.05) is 7.05 Å². The number of nitrogens with zero attached hydrogens (tertiary/aromatic N) is 1. The first-order valence-electron chi connectivity index (χ1n) is 7.03. The zero-order valence-electron chi connectivity index (χ0n) is 12.6. The van der Waals surface area contributed by atoms with Gasteiger partial charge in [-0.15, -0.1) is 0 Å². The van der Waals surface area contributed by atoms with Gasteiger partial charge in [0.25, 0.3) is 0 Å². The van der Waals surface area contributed by atoms with Gasteiger partial charge in [-0.3, -0.25) is 4.79 Å². The Labute approximate surface area is 121 Å². The van der Waals surface area contributed by atoms with Crippen LogP contribution in [0.15, 0.2) is 0 Å². The van der Waals surface area contributed by atoms with Crippen molar-refractivity contribution in [2.45, 2.75) is 44.2 Å². The van der Waals surface area contributed by atoms with Gasteiger partial charge in [0.05, 0.1) is 11.5 Å². The third-order valence-electron chi connectivity index (χ3n) is 4.29. The van der Waals surface area contributed by atoms with Crippen molar-refractivity contribution in [1.29, 1.82) is 0 Å². The summed E-state index contributed by atoms with van der Waals surface area (Å²) in [5.41, 5.74) is -0.880. The first-order valence-corrected chi connectivity index (χ1v) is 8.85. The fourth-order valence-electron chi connectivity index (χ4n) is 2.48. The van der Waals surface area contributed by atoms with E-state index in [1.165, 1.54) is 0 Å². The number of carbonyl (C=O) groups is 1. The Kier molecular flexibility index (Phi) is 5.97. The van der Waals surface area contributed by atoms with Crippen LogP contribution in [0.3, 0.4) is 0 Å². The van der Waals surface area contributed by atoms with E-state index >= 15 is 0 Å². The molecule has 1 aliphatic rings. The van der Waals surface area contributed by atoms with Crippen LogP contribution in [0.4, 0.5) is 0 Å². The molecule has 0 bridgehead atoms. The highest BCUT2D eigenvalue weighted by Crippen LogP contribution is 2.18. The second-order valence-electron chi connectivity index (χ2n) is 5.88. The summed E-state index contributed by atoms with van der Waals surface area (Å²) in [5.74, 6) is -0.290. The van der Waals surface area contributed by atoms with Crippen molar-refractivity contribution in [3.8, 4) is 0 Å². The number of rotatable bonds is 8. The van der Waals surface area contributed by atoms with E-state index in [0.717, 1.165) is 19.4 Å². The van der Waals surface area contributed by atoms with Crippen LogP contribution in [0.2, 0.25) is 0 Å². The van der Waals surface area contributed by atoms with Crippen LogP contribution in [0.1, 0.15) is 32.6 Å². The lowest BCUT2D eigenvalue weighted by Crippen LogP contribution is -2.47. The molecule has 20 heavy (non-hydrogen) atoms. The Balaban J connectivity index is 2.29. The van der Waals surface area contributed by atoms with E-state index < -0.39 is 21.3 Å².